The van der Waals surface area contributed by atoms with E-state index in [0.717, 1.165) is 10.0 Å². The molecular weight excluding hydrogens is 348 g/mol. The van der Waals surface area contributed by atoms with Gasteiger partial charge in [0.1, 0.15) is 11.5 Å². The van der Waals surface area contributed by atoms with Crippen molar-refractivity contribution in [3.05, 3.63) is 58.1 Å². The van der Waals surface area contributed by atoms with E-state index in [2.05, 4.69) is 26.5 Å². The summed E-state index contributed by atoms with van der Waals surface area (Å²) < 4.78 is 5.94. The van der Waals surface area contributed by atoms with Crippen molar-refractivity contribution < 1.29 is 14.6 Å². The molecule has 0 aromatic heterocycles. The van der Waals surface area contributed by atoms with Crippen molar-refractivity contribution in [2.45, 2.75) is 6.92 Å². The molecule has 0 radical (unpaired) electrons. The molecular formula is C16H15BrN2O3. The van der Waals surface area contributed by atoms with E-state index in [-0.39, 0.29) is 11.3 Å². The van der Waals surface area contributed by atoms with Gasteiger partial charge in [-0.25, -0.2) is 5.43 Å². The number of benzene rings is 2. The Kier molecular flexibility index (Phi) is 5.16. The minimum absolute atomic E-state index is 0.133. The maximum Gasteiger partial charge on any atom is 0.275 e. The highest BCUT2D eigenvalue weighted by atomic mass is 79.9. The van der Waals surface area contributed by atoms with Crippen LogP contribution in [0.25, 0.3) is 0 Å². The molecule has 0 aliphatic carbocycles. The average molecular weight is 363 g/mol. The van der Waals surface area contributed by atoms with Crippen LogP contribution >= 0.6 is 15.9 Å². The number of carbonyl (C=O) groups excluding carboxylic acids is 1. The summed E-state index contributed by atoms with van der Waals surface area (Å²) in [5.41, 5.74) is 4.11. The SMILES string of the molecule is COc1ccc(C(=O)N/N=C(/C)c2ccc(Br)cc2)c(O)c1. The smallest absolute Gasteiger partial charge is 0.275 e. The van der Waals surface area contributed by atoms with Crippen LogP contribution < -0.4 is 10.2 Å². The lowest BCUT2D eigenvalue weighted by molar-refractivity contribution is 0.0952. The second-order valence-electron chi connectivity index (χ2n) is 4.53. The van der Waals surface area contributed by atoms with Gasteiger partial charge in [-0.3, -0.25) is 4.79 Å². The highest BCUT2D eigenvalue weighted by molar-refractivity contribution is 9.10. The van der Waals surface area contributed by atoms with Crippen molar-refractivity contribution in [3.8, 4) is 11.5 Å². The molecule has 1 amide bonds. The van der Waals surface area contributed by atoms with E-state index in [1.165, 1.54) is 19.2 Å². The summed E-state index contributed by atoms with van der Waals surface area (Å²) in [6.07, 6.45) is 0. The van der Waals surface area contributed by atoms with E-state index in [0.29, 0.717) is 11.5 Å². The van der Waals surface area contributed by atoms with E-state index in [4.69, 9.17) is 4.74 Å². The number of nitrogens with zero attached hydrogens (tertiary/aromatic N) is 1. The van der Waals surface area contributed by atoms with Crippen molar-refractivity contribution in [1.82, 2.24) is 5.43 Å². The van der Waals surface area contributed by atoms with Crippen LogP contribution in [0.1, 0.15) is 22.8 Å². The van der Waals surface area contributed by atoms with Gasteiger partial charge in [-0.2, -0.15) is 5.10 Å². The van der Waals surface area contributed by atoms with Gasteiger partial charge in [0.05, 0.1) is 18.4 Å². The van der Waals surface area contributed by atoms with Gasteiger partial charge < -0.3 is 9.84 Å². The lowest BCUT2D eigenvalue weighted by atomic mass is 10.1. The minimum atomic E-state index is -0.489. The zero-order valence-corrected chi connectivity index (χ0v) is 13.7. The molecule has 0 unspecified atom stereocenters. The summed E-state index contributed by atoms with van der Waals surface area (Å²) in [7, 11) is 1.49. The van der Waals surface area contributed by atoms with Gasteiger partial charge in [0.15, 0.2) is 0 Å². The molecule has 6 heteroatoms. The number of methoxy groups -OCH3 is 1. The number of hydrogen-bond acceptors (Lipinski definition) is 4. The predicted octanol–water partition coefficient (Wildman–Crippen LogP) is 3.32. The molecule has 0 bridgehead atoms. The van der Waals surface area contributed by atoms with Crippen LogP contribution in [0.4, 0.5) is 0 Å². The number of hydrazone groups is 1. The fourth-order valence-electron chi connectivity index (χ4n) is 1.78. The fraction of sp³-hybridized carbons (Fsp3) is 0.125. The Morgan fingerprint density at radius 2 is 1.91 bits per heavy atom. The molecule has 2 aromatic rings. The molecule has 5 nitrogen and oxygen atoms in total. The normalized spacial score (nSPS) is 11.1. The Balaban J connectivity index is 2.11. The third-order valence-electron chi connectivity index (χ3n) is 3.04. The Hall–Kier alpha value is -2.34. The molecule has 2 rings (SSSR count). The molecule has 0 aliphatic rings. The van der Waals surface area contributed by atoms with Crippen molar-refractivity contribution in [3.63, 3.8) is 0 Å². The van der Waals surface area contributed by atoms with Gasteiger partial charge in [-0.1, -0.05) is 28.1 Å². The molecule has 2 N–H and O–H groups in total. The van der Waals surface area contributed by atoms with Crippen molar-refractivity contribution in [2.24, 2.45) is 5.10 Å². The van der Waals surface area contributed by atoms with Gasteiger partial charge in [-0.15, -0.1) is 0 Å². The molecule has 2 aromatic carbocycles. The standard InChI is InChI=1S/C16H15BrN2O3/c1-10(11-3-5-12(17)6-4-11)18-19-16(21)14-8-7-13(22-2)9-15(14)20/h3-9,20H,1-2H3,(H,19,21)/b18-10-. The van der Waals surface area contributed by atoms with Gasteiger partial charge in [0.2, 0.25) is 0 Å². The van der Waals surface area contributed by atoms with E-state index in [1.807, 2.05) is 24.3 Å². The number of phenols is 1. The van der Waals surface area contributed by atoms with Crippen LogP contribution in [-0.4, -0.2) is 23.8 Å². The van der Waals surface area contributed by atoms with Crippen molar-refractivity contribution in [2.75, 3.05) is 7.11 Å². The third kappa shape index (κ3) is 3.85. The van der Waals surface area contributed by atoms with Crippen molar-refractivity contribution >= 4 is 27.5 Å². The van der Waals surface area contributed by atoms with Crippen LogP contribution in [0.2, 0.25) is 0 Å². The number of nitrogens with one attached hydrogen (secondary N) is 1. The summed E-state index contributed by atoms with van der Waals surface area (Å²) in [5.74, 6) is -0.173. The average Bonchev–Trinajstić information content (AvgIpc) is 2.52. The monoisotopic (exact) mass is 362 g/mol. The maximum absolute atomic E-state index is 12.0. The number of ether oxygens (including phenoxy) is 1. The maximum atomic E-state index is 12.0. The third-order valence-corrected chi connectivity index (χ3v) is 3.57. The first-order valence-corrected chi connectivity index (χ1v) is 7.28. The minimum Gasteiger partial charge on any atom is -0.507 e. The molecule has 22 heavy (non-hydrogen) atoms. The number of phenolic OH excluding ortho intramolecular Hbond substituents is 1. The number of hydrogen-bond donors (Lipinski definition) is 2. The Morgan fingerprint density at radius 3 is 2.50 bits per heavy atom. The zero-order chi connectivity index (χ0) is 16.1. The Bertz CT molecular complexity index is 712. The number of rotatable bonds is 4. The molecule has 0 saturated carbocycles. The molecule has 114 valence electrons. The van der Waals surface area contributed by atoms with Crippen LogP contribution in [-0.2, 0) is 0 Å². The second-order valence-corrected chi connectivity index (χ2v) is 5.44. The van der Waals surface area contributed by atoms with Gasteiger partial charge >= 0.3 is 0 Å². The number of aromatic hydroxyl groups is 1. The van der Waals surface area contributed by atoms with E-state index in [1.54, 1.807) is 13.0 Å². The highest BCUT2D eigenvalue weighted by Crippen LogP contribution is 2.23. The molecule has 0 saturated heterocycles. The molecule has 0 spiro atoms. The van der Waals surface area contributed by atoms with Crippen molar-refractivity contribution in [1.29, 1.82) is 0 Å². The zero-order valence-electron chi connectivity index (χ0n) is 12.1. The topological polar surface area (TPSA) is 70.9 Å². The molecule has 0 atom stereocenters. The second kappa shape index (κ2) is 7.09. The first-order valence-electron chi connectivity index (χ1n) is 6.49. The van der Waals surface area contributed by atoms with Crippen LogP contribution in [0.5, 0.6) is 11.5 Å². The fourth-order valence-corrected chi connectivity index (χ4v) is 2.05. The Labute approximate surface area is 136 Å². The predicted molar refractivity (Wildman–Crippen MR) is 88.5 cm³/mol. The quantitative estimate of drug-likeness (QED) is 0.647. The van der Waals surface area contributed by atoms with E-state index >= 15 is 0 Å². The first-order chi connectivity index (χ1) is 10.5. The molecule has 0 aliphatic heterocycles. The number of carbonyl (C=O) groups is 1. The Morgan fingerprint density at radius 1 is 1.23 bits per heavy atom. The summed E-state index contributed by atoms with van der Waals surface area (Å²) >= 11 is 3.36. The summed E-state index contributed by atoms with van der Waals surface area (Å²) in [6, 6.07) is 12.0. The van der Waals surface area contributed by atoms with E-state index in [9.17, 15) is 9.90 Å². The summed E-state index contributed by atoms with van der Waals surface area (Å²) in [5, 5.41) is 13.9. The van der Waals surface area contributed by atoms with Gasteiger partial charge in [0.25, 0.3) is 5.91 Å². The number of halogens is 1. The summed E-state index contributed by atoms with van der Waals surface area (Å²) in [4.78, 5) is 12.0. The lowest BCUT2D eigenvalue weighted by Crippen LogP contribution is -2.19. The van der Waals surface area contributed by atoms with E-state index < -0.39 is 5.91 Å². The lowest BCUT2D eigenvalue weighted by Gasteiger charge is -2.06. The van der Waals surface area contributed by atoms with Crippen LogP contribution in [0.3, 0.4) is 0 Å². The largest absolute Gasteiger partial charge is 0.507 e. The molecule has 0 heterocycles. The highest BCUT2D eigenvalue weighted by Gasteiger charge is 2.11. The van der Waals surface area contributed by atoms with Crippen LogP contribution in [0, 0.1) is 0 Å². The number of amides is 1. The van der Waals surface area contributed by atoms with Gasteiger partial charge in [0, 0.05) is 10.5 Å². The first kappa shape index (κ1) is 16.0. The summed E-state index contributed by atoms with van der Waals surface area (Å²) in [6.45, 7) is 1.79. The van der Waals surface area contributed by atoms with Crippen LogP contribution in [0.15, 0.2) is 52.0 Å². The molecule has 0 fully saturated rings. The van der Waals surface area contributed by atoms with Gasteiger partial charge in [-0.05, 0) is 36.8 Å².